The predicted octanol–water partition coefficient (Wildman–Crippen LogP) is 4.31. The Kier molecular flexibility index (Phi) is 5.10. The van der Waals surface area contributed by atoms with Gasteiger partial charge in [0, 0.05) is 15.6 Å². The summed E-state index contributed by atoms with van der Waals surface area (Å²) in [6, 6.07) is 5.62. The number of benzene rings is 1. The first kappa shape index (κ1) is 13.8. The van der Waals surface area contributed by atoms with E-state index in [1.807, 2.05) is 18.2 Å². The van der Waals surface area contributed by atoms with Crippen molar-refractivity contribution in [1.29, 1.82) is 0 Å². The third-order valence-electron chi connectivity index (χ3n) is 2.29. The first-order chi connectivity index (χ1) is 7.38. The topological polar surface area (TPSA) is 12.0 Å². The van der Waals surface area contributed by atoms with Crippen LogP contribution >= 0.6 is 23.2 Å². The molecule has 0 aliphatic heterocycles. The molecule has 0 heterocycles. The summed E-state index contributed by atoms with van der Waals surface area (Å²) in [4.78, 5) is 0. The average Bonchev–Trinajstić information content (AvgIpc) is 2.16. The van der Waals surface area contributed by atoms with E-state index in [2.05, 4.69) is 26.1 Å². The molecule has 0 radical (unpaired) electrons. The van der Waals surface area contributed by atoms with Crippen LogP contribution in [0.5, 0.6) is 0 Å². The molecule has 16 heavy (non-hydrogen) atoms. The van der Waals surface area contributed by atoms with Crippen molar-refractivity contribution in [2.45, 2.75) is 39.2 Å². The van der Waals surface area contributed by atoms with Crippen LogP contribution in [0.15, 0.2) is 18.2 Å². The van der Waals surface area contributed by atoms with Crippen molar-refractivity contribution >= 4 is 23.2 Å². The number of aryl methyl sites for hydroxylation is 1. The second-order valence-electron chi connectivity index (χ2n) is 5.02. The highest BCUT2D eigenvalue weighted by Gasteiger charge is 2.08. The van der Waals surface area contributed by atoms with Gasteiger partial charge in [-0.2, -0.15) is 0 Å². The van der Waals surface area contributed by atoms with Gasteiger partial charge in [-0.1, -0.05) is 23.2 Å². The monoisotopic (exact) mass is 259 g/mol. The molecule has 1 aromatic rings. The van der Waals surface area contributed by atoms with Crippen molar-refractivity contribution in [3.05, 3.63) is 33.8 Å². The summed E-state index contributed by atoms with van der Waals surface area (Å²) < 4.78 is 0. The molecular formula is C13H19Cl2N. The lowest BCUT2D eigenvalue weighted by Gasteiger charge is -2.20. The van der Waals surface area contributed by atoms with Gasteiger partial charge in [-0.05, 0) is 63.9 Å². The molecule has 3 heteroatoms. The molecule has 0 unspecified atom stereocenters. The first-order valence-corrected chi connectivity index (χ1v) is 6.33. The standard InChI is InChI=1S/C13H19Cl2N/c1-13(2,3)16-8-4-5-10-9-11(14)6-7-12(10)15/h6-7,9,16H,4-5,8H2,1-3H3. The van der Waals surface area contributed by atoms with Crippen LogP contribution in [0, 0.1) is 0 Å². The molecule has 0 saturated heterocycles. The predicted molar refractivity (Wildman–Crippen MR) is 72.5 cm³/mol. The van der Waals surface area contributed by atoms with Crippen molar-refractivity contribution in [3.63, 3.8) is 0 Å². The van der Waals surface area contributed by atoms with Gasteiger partial charge in [0.1, 0.15) is 0 Å². The average molecular weight is 260 g/mol. The molecule has 1 rings (SSSR count). The van der Waals surface area contributed by atoms with Gasteiger partial charge in [0.2, 0.25) is 0 Å². The fourth-order valence-electron chi connectivity index (χ4n) is 1.48. The van der Waals surface area contributed by atoms with E-state index in [0.29, 0.717) is 0 Å². The summed E-state index contributed by atoms with van der Waals surface area (Å²) in [6.07, 6.45) is 2.03. The SMILES string of the molecule is CC(C)(C)NCCCc1cc(Cl)ccc1Cl. The summed E-state index contributed by atoms with van der Waals surface area (Å²) in [5, 5.41) is 5.01. The number of hydrogen-bond donors (Lipinski definition) is 1. The van der Waals surface area contributed by atoms with Gasteiger partial charge in [0.25, 0.3) is 0 Å². The summed E-state index contributed by atoms with van der Waals surface area (Å²) in [5.41, 5.74) is 1.31. The molecule has 0 spiro atoms. The van der Waals surface area contributed by atoms with Gasteiger partial charge in [-0.25, -0.2) is 0 Å². The molecule has 0 fully saturated rings. The molecule has 0 aliphatic rings. The maximum absolute atomic E-state index is 6.09. The third-order valence-corrected chi connectivity index (χ3v) is 2.89. The molecule has 1 N–H and O–H groups in total. The van der Waals surface area contributed by atoms with E-state index in [-0.39, 0.29) is 5.54 Å². The maximum Gasteiger partial charge on any atom is 0.0439 e. The number of hydrogen-bond acceptors (Lipinski definition) is 1. The smallest absolute Gasteiger partial charge is 0.0439 e. The Morgan fingerprint density at radius 1 is 1.19 bits per heavy atom. The Morgan fingerprint density at radius 2 is 1.88 bits per heavy atom. The van der Waals surface area contributed by atoms with Crippen molar-refractivity contribution in [2.75, 3.05) is 6.54 Å². The quantitative estimate of drug-likeness (QED) is 0.795. The van der Waals surface area contributed by atoms with Crippen LogP contribution in [0.1, 0.15) is 32.8 Å². The van der Waals surface area contributed by atoms with Crippen molar-refractivity contribution in [3.8, 4) is 0 Å². The van der Waals surface area contributed by atoms with E-state index in [4.69, 9.17) is 23.2 Å². The third kappa shape index (κ3) is 5.20. The molecule has 0 bridgehead atoms. The van der Waals surface area contributed by atoms with Gasteiger partial charge in [-0.3, -0.25) is 0 Å². The summed E-state index contributed by atoms with van der Waals surface area (Å²) in [7, 11) is 0. The lowest BCUT2D eigenvalue weighted by Crippen LogP contribution is -2.36. The van der Waals surface area contributed by atoms with Crippen molar-refractivity contribution in [1.82, 2.24) is 5.32 Å². The summed E-state index contributed by atoms with van der Waals surface area (Å²) in [6.45, 7) is 7.49. The van der Waals surface area contributed by atoms with Gasteiger partial charge in [-0.15, -0.1) is 0 Å². The molecular weight excluding hydrogens is 241 g/mol. The summed E-state index contributed by atoms with van der Waals surface area (Å²) in [5.74, 6) is 0. The molecule has 1 aromatic carbocycles. The molecule has 0 aromatic heterocycles. The zero-order valence-corrected chi connectivity index (χ0v) is 11.6. The minimum absolute atomic E-state index is 0.179. The van der Waals surface area contributed by atoms with Crippen LogP contribution in [-0.2, 0) is 6.42 Å². The Labute approximate surface area is 108 Å². The van der Waals surface area contributed by atoms with Crippen LogP contribution in [0.25, 0.3) is 0 Å². The van der Waals surface area contributed by atoms with Crippen LogP contribution in [0.2, 0.25) is 10.0 Å². The lowest BCUT2D eigenvalue weighted by atomic mass is 10.1. The highest BCUT2D eigenvalue weighted by atomic mass is 35.5. The van der Waals surface area contributed by atoms with Crippen LogP contribution in [-0.4, -0.2) is 12.1 Å². The van der Waals surface area contributed by atoms with Crippen LogP contribution < -0.4 is 5.32 Å². The normalized spacial score (nSPS) is 11.8. The number of rotatable bonds is 4. The Balaban J connectivity index is 2.40. The molecule has 0 amide bonds. The molecule has 1 nitrogen and oxygen atoms in total. The first-order valence-electron chi connectivity index (χ1n) is 5.57. The maximum atomic E-state index is 6.09. The zero-order chi connectivity index (χ0) is 12.2. The zero-order valence-electron chi connectivity index (χ0n) is 10.1. The highest BCUT2D eigenvalue weighted by Crippen LogP contribution is 2.21. The van der Waals surface area contributed by atoms with E-state index in [9.17, 15) is 0 Å². The van der Waals surface area contributed by atoms with Gasteiger partial charge in [0.15, 0.2) is 0 Å². The van der Waals surface area contributed by atoms with Gasteiger partial charge >= 0.3 is 0 Å². The minimum atomic E-state index is 0.179. The van der Waals surface area contributed by atoms with E-state index < -0.39 is 0 Å². The molecule has 0 aliphatic carbocycles. The summed E-state index contributed by atoms with van der Waals surface area (Å²) >= 11 is 12.0. The number of nitrogens with one attached hydrogen (secondary N) is 1. The van der Waals surface area contributed by atoms with E-state index >= 15 is 0 Å². The largest absolute Gasteiger partial charge is 0.312 e. The molecule has 0 atom stereocenters. The van der Waals surface area contributed by atoms with Crippen molar-refractivity contribution in [2.24, 2.45) is 0 Å². The Bertz CT molecular complexity index is 342. The van der Waals surface area contributed by atoms with E-state index in [1.165, 1.54) is 0 Å². The second kappa shape index (κ2) is 5.90. The van der Waals surface area contributed by atoms with Gasteiger partial charge < -0.3 is 5.32 Å². The Morgan fingerprint density at radius 3 is 2.50 bits per heavy atom. The second-order valence-corrected chi connectivity index (χ2v) is 5.86. The molecule has 90 valence electrons. The molecule has 0 saturated carbocycles. The van der Waals surface area contributed by atoms with Crippen LogP contribution in [0.4, 0.5) is 0 Å². The van der Waals surface area contributed by atoms with Gasteiger partial charge in [0.05, 0.1) is 0 Å². The van der Waals surface area contributed by atoms with Crippen LogP contribution in [0.3, 0.4) is 0 Å². The minimum Gasteiger partial charge on any atom is -0.312 e. The fraction of sp³-hybridized carbons (Fsp3) is 0.538. The Hall–Kier alpha value is -0.240. The highest BCUT2D eigenvalue weighted by molar-refractivity contribution is 6.33. The van der Waals surface area contributed by atoms with E-state index in [0.717, 1.165) is 35.0 Å². The van der Waals surface area contributed by atoms with E-state index in [1.54, 1.807) is 0 Å². The number of halogens is 2. The van der Waals surface area contributed by atoms with Crippen molar-refractivity contribution < 1.29 is 0 Å². The fourth-order valence-corrected chi connectivity index (χ4v) is 1.88. The lowest BCUT2D eigenvalue weighted by molar-refractivity contribution is 0.422.